The Bertz CT molecular complexity index is 1560. The molecule has 0 saturated carbocycles. The lowest BCUT2D eigenvalue weighted by Crippen LogP contribution is -2.18. The highest BCUT2D eigenvalue weighted by Crippen LogP contribution is 2.33. The largest absolute Gasteiger partial charge is 0.288 e. The minimum Gasteiger partial charge on any atom is -0.288 e. The molecule has 1 N–H and O–H groups in total. The van der Waals surface area contributed by atoms with Gasteiger partial charge in [0.25, 0.3) is 0 Å². The van der Waals surface area contributed by atoms with Crippen LogP contribution in [0.25, 0.3) is 22.0 Å². The lowest BCUT2D eigenvalue weighted by atomic mass is 9.99. The van der Waals surface area contributed by atoms with Crippen LogP contribution in [0, 0.1) is 11.6 Å². The second-order valence-electron chi connectivity index (χ2n) is 7.80. The molecule has 0 atom stereocenters. The van der Waals surface area contributed by atoms with E-state index in [1.165, 1.54) is 12.1 Å². The maximum absolute atomic E-state index is 14.7. The monoisotopic (exact) mass is 534 g/mol. The summed E-state index contributed by atoms with van der Waals surface area (Å²) in [7, 11) is -3.86. The van der Waals surface area contributed by atoms with Gasteiger partial charge in [-0.1, -0.05) is 42.3 Å². The molecule has 0 aliphatic carbocycles. The van der Waals surface area contributed by atoms with E-state index in [1.54, 1.807) is 37.4 Å². The Morgan fingerprint density at radius 1 is 1.00 bits per heavy atom. The first kappa shape index (κ1) is 25.0. The zero-order valence-electron chi connectivity index (χ0n) is 18.3. The van der Waals surface area contributed by atoms with Crippen LogP contribution < -0.4 is 4.72 Å². The second-order valence-corrected chi connectivity index (χ2v) is 10.5. The Balaban J connectivity index is 1.77. The van der Waals surface area contributed by atoms with Crippen molar-refractivity contribution in [1.29, 1.82) is 0 Å². The molecule has 4 rings (SSSR count). The summed E-state index contributed by atoms with van der Waals surface area (Å²) in [6.45, 7) is 1.65. The van der Waals surface area contributed by atoms with Gasteiger partial charge in [0.15, 0.2) is 17.4 Å². The van der Waals surface area contributed by atoms with Crippen LogP contribution in [0.5, 0.6) is 0 Å². The smallest absolute Gasteiger partial charge is 0.232 e. The van der Waals surface area contributed by atoms with E-state index in [0.717, 1.165) is 11.1 Å². The molecule has 10 heteroatoms. The number of carbonyl (C=O) groups is 1. The van der Waals surface area contributed by atoms with E-state index < -0.39 is 43.7 Å². The SMILES string of the molecule is CCCS(=O)(=O)Nc1cc(F)c(F)c(C(=O)c2ccc3ncc(-c4ccc(Cl)cc4)cc3c2)c1Cl. The van der Waals surface area contributed by atoms with E-state index >= 15 is 0 Å². The van der Waals surface area contributed by atoms with Gasteiger partial charge in [-0.2, -0.15) is 0 Å². The molecule has 0 aliphatic heterocycles. The number of benzene rings is 3. The number of sulfonamides is 1. The van der Waals surface area contributed by atoms with Crippen LogP contribution in [0.4, 0.5) is 14.5 Å². The number of hydrogen-bond acceptors (Lipinski definition) is 4. The zero-order chi connectivity index (χ0) is 25.3. The van der Waals surface area contributed by atoms with Gasteiger partial charge in [0.1, 0.15) is 0 Å². The Kier molecular flexibility index (Phi) is 7.07. The van der Waals surface area contributed by atoms with Crippen LogP contribution in [-0.4, -0.2) is 24.9 Å². The van der Waals surface area contributed by atoms with E-state index in [9.17, 15) is 22.0 Å². The van der Waals surface area contributed by atoms with Gasteiger partial charge >= 0.3 is 0 Å². The Hall–Kier alpha value is -3.07. The van der Waals surface area contributed by atoms with Gasteiger partial charge in [-0.3, -0.25) is 14.5 Å². The Labute approximate surface area is 210 Å². The van der Waals surface area contributed by atoms with E-state index in [4.69, 9.17) is 23.2 Å². The maximum Gasteiger partial charge on any atom is 0.232 e. The number of nitrogens with zero attached hydrogens (tertiary/aromatic N) is 1. The lowest BCUT2D eigenvalue weighted by Gasteiger charge is -2.13. The third-order valence-corrected chi connectivity index (χ3v) is 7.36. The van der Waals surface area contributed by atoms with Crippen molar-refractivity contribution in [2.75, 3.05) is 10.5 Å². The number of fused-ring (bicyclic) bond motifs is 1. The number of carbonyl (C=O) groups excluding carboxylic acids is 1. The van der Waals surface area contributed by atoms with Gasteiger partial charge in [0, 0.05) is 33.8 Å². The van der Waals surface area contributed by atoms with E-state index in [2.05, 4.69) is 9.71 Å². The van der Waals surface area contributed by atoms with Crippen LogP contribution in [0.15, 0.2) is 60.8 Å². The van der Waals surface area contributed by atoms with Crippen molar-refractivity contribution in [1.82, 2.24) is 4.98 Å². The number of nitrogens with one attached hydrogen (secondary N) is 1. The summed E-state index contributed by atoms with van der Waals surface area (Å²) in [5.41, 5.74) is 1.06. The van der Waals surface area contributed by atoms with Gasteiger partial charge in [-0.25, -0.2) is 17.2 Å². The fraction of sp³-hybridized carbons (Fsp3) is 0.120. The van der Waals surface area contributed by atoms with Crippen LogP contribution in [0.2, 0.25) is 10.0 Å². The first-order chi connectivity index (χ1) is 16.6. The summed E-state index contributed by atoms with van der Waals surface area (Å²) in [6.07, 6.45) is 1.97. The number of pyridine rings is 1. The Morgan fingerprint density at radius 2 is 1.71 bits per heavy atom. The van der Waals surface area contributed by atoms with E-state index in [0.29, 0.717) is 28.4 Å². The van der Waals surface area contributed by atoms with Crippen molar-refractivity contribution < 1.29 is 22.0 Å². The number of rotatable bonds is 7. The van der Waals surface area contributed by atoms with Crippen molar-refractivity contribution in [3.63, 3.8) is 0 Å². The van der Waals surface area contributed by atoms with Gasteiger partial charge in [0.05, 0.1) is 27.5 Å². The number of anilines is 1. The molecule has 0 aliphatic rings. The van der Waals surface area contributed by atoms with Crippen molar-refractivity contribution >= 4 is 55.6 Å². The molecule has 1 aromatic heterocycles. The predicted molar refractivity (Wildman–Crippen MR) is 135 cm³/mol. The number of ketones is 1. The predicted octanol–water partition coefficient (Wildman–Crippen LogP) is 6.87. The third kappa shape index (κ3) is 5.29. The third-order valence-electron chi connectivity index (χ3n) is 5.24. The summed E-state index contributed by atoms with van der Waals surface area (Å²) in [5.74, 6) is -4.02. The quantitative estimate of drug-likeness (QED) is 0.207. The van der Waals surface area contributed by atoms with Crippen molar-refractivity contribution in [2.24, 2.45) is 0 Å². The second kappa shape index (κ2) is 9.89. The molecule has 5 nitrogen and oxygen atoms in total. The molecule has 0 radical (unpaired) electrons. The summed E-state index contributed by atoms with van der Waals surface area (Å²) < 4.78 is 55.4. The fourth-order valence-corrected chi connectivity index (χ4v) is 5.17. The van der Waals surface area contributed by atoms with Crippen LogP contribution in [-0.2, 0) is 10.0 Å². The van der Waals surface area contributed by atoms with E-state index in [1.807, 2.05) is 12.1 Å². The topological polar surface area (TPSA) is 76.1 Å². The molecule has 4 aromatic rings. The highest BCUT2D eigenvalue weighted by Gasteiger charge is 2.26. The van der Waals surface area contributed by atoms with Crippen molar-refractivity contribution in [2.45, 2.75) is 13.3 Å². The molecule has 180 valence electrons. The number of halogens is 4. The van der Waals surface area contributed by atoms with Crippen LogP contribution in [0.1, 0.15) is 29.3 Å². The molecule has 3 aromatic carbocycles. The molecule has 0 bridgehead atoms. The molecule has 35 heavy (non-hydrogen) atoms. The molecular formula is C25H18Cl2F2N2O3S. The fourth-order valence-electron chi connectivity index (χ4n) is 3.58. The molecular weight excluding hydrogens is 517 g/mol. The molecule has 0 saturated heterocycles. The summed E-state index contributed by atoms with van der Waals surface area (Å²) >= 11 is 12.1. The molecule has 0 amide bonds. The molecule has 1 heterocycles. The average molecular weight is 535 g/mol. The van der Waals surface area contributed by atoms with Gasteiger partial charge in [-0.15, -0.1) is 0 Å². The molecule has 0 spiro atoms. The number of aromatic nitrogens is 1. The lowest BCUT2D eigenvalue weighted by molar-refractivity contribution is 0.103. The minimum atomic E-state index is -3.86. The highest BCUT2D eigenvalue weighted by molar-refractivity contribution is 7.92. The van der Waals surface area contributed by atoms with Gasteiger partial charge in [-0.05, 0) is 48.4 Å². The Morgan fingerprint density at radius 3 is 2.40 bits per heavy atom. The van der Waals surface area contributed by atoms with Gasteiger partial charge in [0.2, 0.25) is 10.0 Å². The van der Waals surface area contributed by atoms with Crippen molar-refractivity contribution in [3.8, 4) is 11.1 Å². The summed E-state index contributed by atoms with van der Waals surface area (Å²) in [5, 5.41) is 0.641. The highest BCUT2D eigenvalue weighted by atomic mass is 35.5. The van der Waals surface area contributed by atoms with Crippen LogP contribution >= 0.6 is 23.2 Å². The zero-order valence-corrected chi connectivity index (χ0v) is 20.6. The molecule has 0 fully saturated rings. The van der Waals surface area contributed by atoms with E-state index in [-0.39, 0.29) is 11.3 Å². The average Bonchev–Trinajstić information content (AvgIpc) is 2.82. The normalized spacial score (nSPS) is 11.6. The standard InChI is InChI=1S/C25H18Cl2F2N2O3S/c1-2-9-35(33,34)31-21-12-19(28)24(29)22(23(21)27)25(32)15-5-8-20-16(10-15)11-17(13-30-20)14-3-6-18(26)7-4-14/h3-8,10-13,31H,2,9H2,1H3. The number of hydrogen-bond donors (Lipinski definition) is 1. The first-order valence-corrected chi connectivity index (χ1v) is 12.9. The van der Waals surface area contributed by atoms with Crippen molar-refractivity contribution in [3.05, 3.63) is 93.6 Å². The first-order valence-electron chi connectivity index (χ1n) is 10.5. The minimum absolute atomic E-state index is 0.0290. The summed E-state index contributed by atoms with van der Waals surface area (Å²) in [6, 6.07) is 14.0. The van der Waals surface area contributed by atoms with Gasteiger partial charge < -0.3 is 0 Å². The molecule has 0 unspecified atom stereocenters. The maximum atomic E-state index is 14.7. The summed E-state index contributed by atoms with van der Waals surface area (Å²) in [4.78, 5) is 17.6. The van der Waals surface area contributed by atoms with Crippen LogP contribution in [0.3, 0.4) is 0 Å².